The van der Waals surface area contributed by atoms with E-state index >= 15 is 0 Å². The molecule has 0 aliphatic carbocycles. The maximum absolute atomic E-state index is 12.8. The topological polar surface area (TPSA) is 46.3 Å². The normalized spacial score (nSPS) is 18.2. The number of carbonyl (C=O) groups excluding carboxylic acids is 1. The van der Waals surface area contributed by atoms with Gasteiger partial charge in [-0.25, -0.2) is 0 Å². The van der Waals surface area contributed by atoms with Crippen molar-refractivity contribution in [3.8, 4) is 0 Å². The summed E-state index contributed by atoms with van der Waals surface area (Å²) in [7, 11) is 0. The van der Waals surface area contributed by atoms with E-state index in [-0.39, 0.29) is 11.9 Å². The molecule has 1 heterocycles. The van der Waals surface area contributed by atoms with Crippen molar-refractivity contribution < 1.29 is 4.79 Å². The largest absolute Gasteiger partial charge is 0.337 e. The van der Waals surface area contributed by atoms with Crippen LogP contribution in [0.3, 0.4) is 0 Å². The number of piperidine rings is 1. The van der Waals surface area contributed by atoms with Crippen LogP contribution in [0.5, 0.6) is 0 Å². The number of likely N-dealkylation sites (tertiary alicyclic amines) is 1. The molecule has 2 aromatic rings. The van der Waals surface area contributed by atoms with Crippen LogP contribution in [0.2, 0.25) is 0 Å². The van der Waals surface area contributed by atoms with Gasteiger partial charge < -0.3 is 10.6 Å². The molecule has 22 heavy (non-hydrogen) atoms. The van der Waals surface area contributed by atoms with E-state index in [2.05, 4.69) is 12.1 Å². The summed E-state index contributed by atoms with van der Waals surface area (Å²) in [4.78, 5) is 14.7. The zero-order valence-electron chi connectivity index (χ0n) is 12.7. The van der Waals surface area contributed by atoms with Gasteiger partial charge in [-0.1, -0.05) is 48.5 Å². The summed E-state index contributed by atoms with van der Waals surface area (Å²) < 4.78 is 0. The summed E-state index contributed by atoms with van der Waals surface area (Å²) in [6.45, 7) is 1.48. The van der Waals surface area contributed by atoms with Crippen LogP contribution in [-0.2, 0) is 6.42 Å². The molecule has 3 rings (SSSR count). The molecule has 0 bridgehead atoms. The van der Waals surface area contributed by atoms with Gasteiger partial charge in [0.25, 0.3) is 5.91 Å². The second-order valence-electron chi connectivity index (χ2n) is 5.97. The van der Waals surface area contributed by atoms with Crippen LogP contribution >= 0.6 is 0 Å². The van der Waals surface area contributed by atoms with Gasteiger partial charge in [0.2, 0.25) is 0 Å². The lowest BCUT2D eigenvalue weighted by atomic mass is 9.98. The summed E-state index contributed by atoms with van der Waals surface area (Å²) in [5.74, 6) is 0.113. The number of benzene rings is 2. The molecule has 3 heteroatoms. The number of nitrogens with two attached hydrogens (primary N) is 1. The van der Waals surface area contributed by atoms with E-state index in [1.54, 1.807) is 0 Å². The van der Waals surface area contributed by atoms with Crippen LogP contribution in [0, 0.1) is 0 Å². The summed E-state index contributed by atoms with van der Waals surface area (Å²) in [5.41, 5.74) is 9.12. The summed E-state index contributed by atoms with van der Waals surface area (Å²) in [5, 5.41) is 0. The van der Waals surface area contributed by atoms with Gasteiger partial charge in [-0.05, 0) is 36.5 Å². The molecular formula is C19H22N2O. The van der Waals surface area contributed by atoms with Crippen LogP contribution in [0.25, 0.3) is 0 Å². The molecule has 2 N–H and O–H groups in total. The first-order chi connectivity index (χ1) is 10.7. The van der Waals surface area contributed by atoms with Crippen molar-refractivity contribution in [1.29, 1.82) is 0 Å². The Kier molecular flexibility index (Phi) is 4.54. The average Bonchev–Trinajstić information content (AvgIpc) is 2.56. The van der Waals surface area contributed by atoms with Gasteiger partial charge in [-0.15, -0.1) is 0 Å². The number of nitrogens with zero attached hydrogens (tertiary/aromatic N) is 1. The first kappa shape index (κ1) is 14.8. The van der Waals surface area contributed by atoms with Crippen LogP contribution in [0.15, 0.2) is 54.6 Å². The molecule has 1 saturated heterocycles. The Bertz CT molecular complexity index is 639. The fourth-order valence-electron chi connectivity index (χ4n) is 3.06. The average molecular weight is 294 g/mol. The summed E-state index contributed by atoms with van der Waals surface area (Å²) >= 11 is 0. The van der Waals surface area contributed by atoms with E-state index in [4.69, 9.17) is 5.73 Å². The smallest absolute Gasteiger partial charge is 0.254 e. The molecule has 0 saturated carbocycles. The molecule has 0 unspecified atom stereocenters. The van der Waals surface area contributed by atoms with Gasteiger partial charge in [-0.3, -0.25) is 4.79 Å². The molecule has 0 aromatic heterocycles. The number of amides is 1. The Morgan fingerprint density at radius 1 is 1.09 bits per heavy atom. The maximum Gasteiger partial charge on any atom is 0.254 e. The van der Waals surface area contributed by atoms with Crippen molar-refractivity contribution in [1.82, 2.24) is 4.90 Å². The summed E-state index contributed by atoms with van der Waals surface area (Å²) in [6, 6.07) is 18.3. The standard InChI is InChI=1S/C19H22N2O/c20-17-10-6-12-21(14-17)19(22)18-11-5-4-9-16(18)13-15-7-2-1-3-8-15/h1-5,7-9,11,17H,6,10,12-14,20H2/t17-/m0/s1. The van der Waals surface area contributed by atoms with E-state index in [1.807, 2.05) is 47.4 Å². The minimum absolute atomic E-state index is 0.110. The molecule has 0 spiro atoms. The first-order valence-corrected chi connectivity index (χ1v) is 7.91. The molecule has 1 aliphatic heterocycles. The highest BCUT2D eigenvalue weighted by molar-refractivity contribution is 5.96. The quantitative estimate of drug-likeness (QED) is 0.946. The minimum atomic E-state index is 0.110. The molecule has 1 amide bonds. The third kappa shape index (κ3) is 3.37. The van der Waals surface area contributed by atoms with Gasteiger partial charge >= 0.3 is 0 Å². The highest BCUT2D eigenvalue weighted by atomic mass is 16.2. The van der Waals surface area contributed by atoms with Gasteiger partial charge in [0, 0.05) is 24.7 Å². The lowest BCUT2D eigenvalue weighted by Gasteiger charge is -2.31. The Morgan fingerprint density at radius 3 is 2.59 bits per heavy atom. The van der Waals surface area contributed by atoms with Crippen molar-refractivity contribution in [2.75, 3.05) is 13.1 Å². The monoisotopic (exact) mass is 294 g/mol. The Balaban J connectivity index is 1.83. The molecule has 2 aromatic carbocycles. The highest BCUT2D eigenvalue weighted by Gasteiger charge is 2.23. The van der Waals surface area contributed by atoms with Gasteiger partial charge in [-0.2, -0.15) is 0 Å². The molecule has 3 nitrogen and oxygen atoms in total. The molecule has 1 fully saturated rings. The van der Waals surface area contributed by atoms with E-state index in [1.165, 1.54) is 5.56 Å². The lowest BCUT2D eigenvalue weighted by molar-refractivity contribution is 0.0708. The fourth-order valence-corrected chi connectivity index (χ4v) is 3.06. The van der Waals surface area contributed by atoms with Gasteiger partial charge in [0.05, 0.1) is 0 Å². The molecule has 0 radical (unpaired) electrons. The zero-order valence-corrected chi connectivity index (χ0v) is 12.7. The first-order valence-electron chi connectivity index (χ1n) is 7.91. The summed E-state index contributed by atoms with van der Waals surface area (Å²) in [6.07, 6.45) is 2.78. The Morgan fingerprint density at radius 2 is 1.82 bits per heavy atom. The highest BCUT2D eigenvalue weighted by Crippen LogP contribution is 2.18. The van der Waals surface area contributed by atoms with Gasteiger partial charge in [0.1, 0.15) is 0 Å². The van der Waals surface area contributed by atoms with Crippen LogP contribution in [0.1, 0.15) is 34.3 Å². The third-order valence-corrected chi connectivity index (χ3v) is 4.23. The van der Waals surface area contributed by atoms with Crippen LogP contribution in [-0.4, -0.2) is 29.9 Å². The van der Waals surface area contributed by atoms with Crippen molar-refractivity contribution >= 4 is 5.91 Å². The van der Waals surface area contributed by atoms with Crippen molar-refractivity contribution in [2.45, 2.75) is 25.3 Å². The second-order valence-corrected chi connectivity index (χ2v) is 5.97. The third-order valence-electron chi connectivity index (χ3n) is 4.23. The molecule has 114 valence electrons. The van der Waals surface area contributed by atoms with Crippen molar-refractivity contribution in [2.24, 2.45) is 5.73 Å². The zero-order chi connectivity index (χ0) is 15.4. The maximum atomic E-state index is 12.8. The van der Waals surface area contributed by atoms with Crippen LogP contribution < -0.4 is 5.73 Å². The number of rotatable bonds is 3. The predicted molar refractivity (Wildman–Crippen MR) is 88.8 cm³/mol. The van der Waals surface area contributed by atoms with Gasteiger partial charge in [0.15, 0.2) is 0 Å². The van der Waals surface area contributed by atoms with Crippen molar-refractivity contribution in [3.63, 3.8) is 0 Å². The van der Waals surface area contributed by atoms with E-state index in [0.717, 1.165) is 36.9 Å². The minimum Gasteiger partial charge on any atom is -0.337 e. The predicted octanol–water partition coefficient (Wildman–Crippen LogP) is 2.84. The Hall–Kier alpha value is -2.13. The molecule has 1 atom stereocenters. The van der Waals surface area contributed by atoms with E-state index in [0.29, 0.717) is 6.54 Å². The SMILES string of the molecule is N[C@H]1CCCN(C(=O)c2ccccc2Cc2ccccc2)C1. The lowest BCUT2D eigenvalue weighted by Crippen LogP contribution is -2.45. The fraction of sp³-hybridized carbons (Fsp3) is 0.316. The van der Waals surface area contributed by atoms with E-state index in [9.17, 15) is 4.79 Å². The number of hydrogen-bond donors (Lipinski definition) is 1. The number of carbonyl (C=O) groups is 1. The van der Waals surface area contributed by atoms with Crippen LogP contribution in [0.4, 0.5) is 0 Å². The second kappa shape index (κ2) is 6.75. The molecule has 1 aliphatic rings. The Labute approximate surface area is 131 Å². The van der Waals surface area contributed by atoms with Crippen molar-refractivity contribution in [3.05, 3.63) is 71.3 Å². The molecular weight excluding hydrogens is 272 g/mol. The number of hydrogen-bond acceptors (Lipinski definition) is 2. The van der Waals surface area contributed by atoms with E-state index < -0.39 is 0 Å².